The van der Waals surface area contributed by atoms with Crippen LogP contribution in [0, 0.1) is 0 Å². The number of amides is 1. The Morgan fingerprint density at radius 3 is 2.30 bits per heavy atom. The molecular formula is C21H23Cl2N3O3S. The molecule has 0 saturated heterocycles. The maximum Gasteiger partial charge on any atom is 0.264 e. The lowest BCUT2D eigenvalue weighted by atomic mass is 10.2. The minimum atomic E-state index is -4.06. The highest BCUT2D eigenvalue weighted by Crippen LogP contribution is 2.35. The normalized spacial score (nSPS) is 14.7. The van der Waals surface area contributed by atoms with E-state index in [1.165, 1.54) is 18.2 Å². The van der Waals surface area contributed by atoms with Gasteiger partial charge in [-0.1, -0.05) is 60.3 Å². The van der Waals surface area contributed by atoms with Crippen LogP contribution in [-0.2, 0) is 14.8 Å². The molecule has 2 aromatic carbocycles. The van der Waals surface area contributed by atoms with E-state index in [9.17, 15) is 13.2 Å². The summed E-state index contributed by atoms with van der Waals surface area (Å²) in [5.74, 6) is -0.553. The molecule has 160 valence electrons. The second-order valence-corrected chi connectivity index (χ2v) is 9.67. The average molecular weight is 468 g/mol. The van der Waals surface area contributed by atoms with Gasteiger partial charge < -0.3 is 0 Å². The molecule has 1 fully saturated rings. The van der Waals surface area contributed by atoms with Crippen LogP contribution in [0.3, 0.4) is 0 Å². The molecule has 2 aromatic rings. The molecular weight excluding hydrogens is 445 g/mol. The van der Waals surface area contributed by atoms with Crippen LogP contribution in [0.2, 0.25) is 10.0 Å². The minimum absolute atomic E-state index is 0.0453. The van der Waals surface area contributed by atoms with E-state index in [1.807, 2.05) is 0 Å². The summed E-state index contributed by atoms with van der Waals surface area (Å²) in [5.41, 5.74) is 3.56. The van der Waals surface area contributed by atoms with Crippen LogP contribution in [-0.4, -0.2) is 26.6 Å². The number of carbonyl (C=O) groups excluding carboxylic acids is 1. The van der Waals surface area contributed by atoms with E-state index in [0.29, 0.717) is 0 Å². The van der Waals surface area contributed by atoms with Crippen molar-refractivity contribution in [2.75, 3.05) is 10.8 Å². The first kappa shape index (κ1) is 22.6. The van der Waals surface area contributed by atoms with Crippen molar-refractivity contribution in [3.05, 3.63) is 58.6 Å². The van der Waals surface area contributed by atoms with Crippen molar-refractivity contribution in [3.8, 4) is 0 Å². The monoisotopic (exact) mass is 467 g/mol. The van der Waals surface area contributed by atoms with Crippen molar-refractivity contribution in [1.82, 2.24) is 5.43 Å². The topological polar surface area (TPSA) is 78.8 Å². The fourth-order valence-corrected chi connectivity index (χ4v) is 5.16. The fourth-order valence-electron chi connectivity index (χ4n) is 3.26. The van der Waals surface area contributed by atoms with Crippen LogP contribution in [0.15, 0.2) is 58.5 Å². The molecule has 0 aliphatic heterocycles. The molecule has 0 bridgehead atoms. The first-order chi connectivity index (χ1) is 14.4. The molecule has 0 radical (unpaired) electrons. The van der Waals surface area contributed by atoms with E-state index in [2.05, 4.69) is 10.5 Å². The van der Waals surface area contributed by atoms with Crippen LogP contribution in [0.1, 0.15) is 38.5 Å². The smallest absolute Gasteiger partial charge is 0.264 e. The van der Waals surface area contributed by atoms with Gasteiger partial charge in [-0.15, -0.1) is 0 Å². The molecule has 0 unspecified atom stereocenters. The highest BCUT2D eigenvalue weighted by Gasteiger charge is 2.29. The van der Waals surface area contributed by atoms with Gasteiger partial charge in [-0.25, -0.2) is 13.8 Å². The largest absolute Gasteiger partial charge is 0.271 e. The van der Waals surface area contributed by atoms with E-state index in [-0.39, 0.29) is 20.6 Å². The number of carbonyl (C=O) groups is 1. The van der Waals surface area contributed by atoms with Gasteiger partial charge in [0, 0.05) is 5.71 Å². The Labute approximate surface area is 186 Å². The molecule has 1 N–H and O–H groups in total. The summed E-state index contributed by atoms with van der Waals surface area (Å²) in [5, 5.41) is 4.47. The van der Waals surface area contributed by atoms with Crippen LogP contribution in [0.4, 0.5) is 5.69 Å². The highest BCUT2D eigenvalue weighted by atomic mass is 35.5. The lowest BCUT2D eigenvalue weighted by Crippen LogP contribution is -2.40. The first-order valence-electron chi connectivity index (χ1n) is 9.75. The SMILES string of the molecule is O=C(CN(c1cccc(Cl)c1Cl)S(=O)(=O)c1ccccc1)NN=C1CCCCCC1. The zero-order valence-corrected chi connectivity index (χ0v) is 18.7. The number of halogens is 2. The van der Waals surface area contributed by atoms with E-state index >= 15 is 0 Å². The molecule has 3 rings (SSSR count). The fraction of sp³-hybridized carbons (Fsp3) is 0.333. The molecule has 1 amide bonds. The van der Waals surface area contributed by atoms with Crippen LogP contribution >= 0.6 is 23.2 Å². The number of hydrogen-bond acceptors (Lipinski definition) is 4. The molecule has 0 spiro atoms. The Bertz CT molecular complexity index is 1020. The van der Waals surface area contributed by atoms with Crippen molar-refractivity contribution < 1.29 is 13.2 Å². The summed E-state index contributed by atoms with van der Waals surface area (Å²) in [6.07, 6.45) is 6.08. The van der Waals surface area contributed by atoms with Crippen molar-refractivity contribution in [2.45, 2.75) is 43.4 Å². The maximum absolute atomic E-state index is 13.3. The molecule has 6 nitrogen and oxygen atoms in total. The Kier molecular flexibility index (Phi) is 7.75. The Morgan fingerprint density at radius 2 is 1.63 bits per heavy atom. The second kappa shape index (κ2) is 10.3. The molecule has 1 aliphatic rings. The van der Waals surface area contributed by atoms with E-state index < -0.39 is 22.5 Å². The van der Waals surface area contributed by atoms with Gasteiger partial charge in [0.1, 0.15) is 6.54 Å². The van der Waals surface area contributed by atoms with Gasteiger partial charge in [0.15, 0.2) is 0 Å². The third-order valence-electron chi connectivity index (χ3n) is 4.84. The number of nitrogens with one attached hydrogen (secondary N) is 1. The summed E-state index contributed by atoms with van der Waals surface area (Å²) >= 11 is 12.4. The first-order valence-corrected chi connectivity index (χ1v) is 12.0. The number of hydrazone groups is 1. The van der Waals surface area contributed by atoms with Crippen molar-refractivity contribution in [2.24, 2.45) is 5.10 Å². The standard InChI is InChI=1S/C21H23Cl2N3O3S/c22-18-13-8-14-19(21(18)23)26(30(28,29)17-11-6-3-7-12-17)15-20(27)25-24-16-9-4-1-2-5-10-16/h3,6-8,11-14H,1-2,4-5,9-10,15H2,(H,25,27). The third kappa shape index (κ3) is 5.53. The predicted octanol–water partition coefficient (Wildman–Crippen LogP) is 5.02. The number of nitrogens with zero attached hydrogens (tertiary/aromatic N) is 2. The van der Waals surface area contributed by atoms with Crippen LogP contribution in [0.25, 0.3) is 0 Å². The third-order valence-corrected chi connectivity index (χ3v) is 7.42. The average Bonchev–Trinajstić information content (AvgIpc) is 3.02. The highest BCUT2D eigenvalue weighted by molar-refractivity contribution is 7.92. The Hall–Kier alpha value is -2.09. The van der Waals surface area contributed by atoms with E-state index in [0.717, 1.165) is 48.5 Å². The Balaban J connectivity index is 1.89. The quantitative estimate of drug-likeness (QED) is 0.478. The van der Waals surface area contributed by atoms with Gasteiger partial charge in [-0.05, 0) is 49.9 Å². The summed E-state index contributed by atoms with van der Waals surface area (Å²) in [6, 6.07) is 12.5. The zero-order valence-electron chi connectivity index (χ0n) is 16.4. The van der Waals surface area contributed by atoms with E-state index in [1.54, 1.807) is 30.3 Å². The summed E-state index contributed by atoms with van der Waals surface area (Å²) in [7, 11) is -4.06. The van der Waals surface area contributed by atoms with Gasteiger partial charge in [-0.2, -0.15) is 5.10 Å². The molecule has 0 heterocycles. The van der Waals surface area contributed by atoms with Gasteiger partial charge in [-0.3, -0.25) is 9.10 Å². The van der Waals surface area contributed by atoms with Gasteiger partial charge in [0.2, 0.25) is 0 Å². The summed E-state index contributed by atoms with van der Waals surface area (Å²) < 4.78 is 27.5. The van der Waals surface area contributed by atoms with Crippen molar-refractivity contribution in [1.29, 1.82) is 0 Å². The second-order valence-electron chi connectivity index (χ2n) is 7.02. The number of anilines is 1. The molecule has 0 aromatic heterocycles. The minimum Gasteiger partial charge on any atom is -0.271 e. The number of benzene rings is 2. The van der Waals surface area contributed by atoms with Crippen LogP contribution < -0.4 is 9.73 Å². The summed E-state index contributed by atoms with van der Waals surface area (Å²) in [4.78, 5) is 12.7. The Morgan fingerprint density at radius 1 is 0.967 bits per heavy atom. The predicted molar refractivity (Wildman–Crippen MR) is 121 cm³/mol. The zero-order chi connectivity index (χ0) is 21.6. The molecule has 0 atom stereocenters. The lowest BCUT2D eigenvalue weighted by Gasteiger charge is -2.25. The van der Waals surface area contributed by atoms with Gasteiger partial charge >= 0.3 is 0 Å². The van der Waals surface area contributed by atoms with Gasteiger partial charge in [0.05, 0.1) is 20.6 Å². The molecule has 30 heavy (non-hydrogen) atoms. The maximum atomic E-state index is 13.3. The van der Waals surface area contributed by atoms with Crippen molar-refractivity contribution in [3.63, 3.8) is 0 Å². The number of hydrogen-bond donors (Lipinski definition) is 1. The van der Waals surface area contributed by atoms with Crippen molar-refractivity contribution >= 4 is 50.5 Å². The molecule has 1 aliphatic carbocycles. The van der Waals surface area contributed by atoms with E-state index in [4.69, 9.17) is 23.2 Å². The lowest BCUT2D eigenvalue weighted by molar-refractivity contribution is -0.119. The number of rotatable bonds is 6. The molecule has 1 saturated carbocycles. The van der Waals surface area contributed by atoms with Gasteiger partial charge in [0.25, 0.3) is 15.9 Å². The summed E-state index contributed by atoms with van der Waals surface area (Å²) in [6.45, 7) is -0.478. The number of sulfonamides is 1. The molecule has 9 heteroatoms. The van der Waals surface area contributed by atoms with Crippen LogP contribution in [0.5, 0.6) is 0 Å².